The van der Waals surface area contributed by atoms with Gasteiger partial charge in [0.05, 0.1) is 6.61 Å². The normalized spacial score (nSPS) is 10.9. The molecule has 0 saturated heterocycles. The zero-order chi connectivity index (χ0) is 19.1. The first-order valence-electron chi connectivity index (χ1n) is 9.20. The van der Waals surface area contributed by atoms with Crippen molar-refractivity contribution in [2.45, 2.75) is 53.2 Å². The van der Waals surface area contributed by atoms with E-state index < -0.39 is 0 Å². The van der Waals surface area contributed by atoms with Crippen molar-refractivity contribution in [3.05, 3.63) is 59.2 Å². The molecule has 0 aliphatic heterocycles. The molecule has 0 saturated carbocycles. The van der Waals surface area contributed by atoms with E-state index in [2.05, 4.69) is 25.2 Å². The smallest absolute Gasteiger partial charge is 0.251 e. The molecule has 0 spiro atoms. The van der Waals surface area contributed by atoms with E-state index in [9.17, 15) is 4.79 Å². The third kappa shape index (κ3) is 5.25. The summed E-state index contributed by atoms with van der Waals surface area (Å²) in [7, 11) is 0. The number of hydrogen-bond donors (Lipinski definition) is 1. The van der Waals surface area contributed by atoms with Crippen LogP contribution in [0.4, 0.5) is 0 Å². The van der Waals surface area contributed by atoms with Crippen molar-refractivity contribution in [3.8, 4) is 11.5 Å². The number of carbonyl (C=O) groups is 1. The fraction of sp³-hybridized carbons (Fsp3) is 0.409. The number of hydrogen-bond acceptors (Lipinski definition) is 3. The van der Waals surface area contributed by atoms with Gasteiger partial charge in [-0.1, -0.05) is 32.0 Å². The molecule has 0 aromatic heterocycles. The van der Waals surface area contributed by atoms with Crippen molar-refractivity contribution in [2.24, 2.45) is 0 Å². The summed E-state index contributed by atoms with van der Waals surface area (Å²) in [6.45, 7) is 11.0. The Kier molecular flexibility index (Phi) is 7.07. The Hall–Kier alpha value is -2.49. The van der Waals surface area contributed by atoms with Crippen LogP contribution in [0.25, 0.3) is 0 Å². The Morgan fingerprint density at radius 2 is 1.73 bits per heavy atom. The molecule has 0 fully saturated rings. The monoisotopic (exact) mass is 355 g/mol. The summed E-state index contributed by atoms with van der Waals surface area (Å²) < 4.78 is 11.8. The summed E-state index contributed by atoms with van der Waals surface area (Å²) in [5, 5.41) is 2.91. The van der Waals surface area contributed by atoms with Gasteiger partial charge in [0, 0.05) is 17.2 Å². The van der Waals surface area contributed by atoms with Gasteiger partial charge in [0.25, 0.3) is 5.91 Å². The predicted octanol–water partition coefficient (Wildman–Crippen LogP) is 4.93. The molecule has 0 bridgehead atoms. The highest BCUT2D eigenvalue weighted by Crippen LogP contribution is 2.28. The number of amides is 1. The second kappa shape index (κ2) is 9.27. The SMILES string of the molecule is CCOc1ccc(C(=O)NC(C)C)cc1COc1ccccc1C(C)C. The van der Waals surface area contributed by atoms with E-state index in [0.29, 0.717) is 24.7 Å². The summed E-state index contributed by atoms with van der Waals surface area (Å²) in [5.41, 5.74) is 2.64. The number of benzene rings is 2. The summed E-state index contributed by atoms with van der Waals surface area (Å²) in [4.78, 5) is 12.3. The van der Waals surface area contributed by atoms with Gasteiger partial charge in [-0.25, -0.2) is 0 Å². The van der Waals surface area contributed by atoms with Gasteiger partial charge < -0.3 is 14.8 Å². The Morgan fingerprint density at radius 3 is 2.38 bits per heavy atom. The highest BCUT2D eigenvalue weighted by atomic mass is 16.5. The zero-order valence-electron chi connectivity index (χ0n) is 16.3. The number of nitrogens with one attached hydrogen (secondary N) is 1. The van der Waals surface area contributed by atoms with Crippen LogP contribution in [0.3, 0.4) is 0 Å². The van der Waals surface area contributed by atoms with Crippen molar-refractivity contribution in [1.29, 1.82) is 0 Å². The van der Waals surface area contributed by atoms with E-state index in [4.69, 9.17) is 9.47 Å². The average Bonchev–Trinajstić information content (AvgIpc) is 2.60. The van der Waals surface area contributed by atoms with Crippen molar-refractivity contribution >= 4 is 5.91 Å². The predicted molar refractivity (Wildman–Crippen MR) is 105 cm³/mol. The first-order valence-corrected chi connectivity index (χ1v) is 9.20. The molecule has 0 heterocycles. The van der Waals surface area contributed by atoms with Crippen LogP contribution in [0.15, 0.2) is 42.5 Å². The van der Waals surface area contributed by atoms with E-state index in [1.165, 1.54) is 5.56 Å². The van der Waals surface area contributed by atoms with Crippen LogP contribution in [-0.2, 0) is 6.61 Å². The maximum absolute atomic E-state index is 12.3. The average molecular weight is 355 g/mol. The van der Waals surface area contributed by atoms with Crippen LogP contribution in [0.2, 0.25) is 0 Å². The van der Waals surface area contributed by atoms with E-state index >= 15 is 0 Å². The van der Waals surface area contributed by atoms with Gasteiger partial charge in [0.1, 0.15) is 18.1 Å². The molecular formula is C22H29NO3. The molecule has 2 aromatic carbocycles. The standard InChI is InChI=1S/C22H29NO3/c1-6-25-20-12-11-17(22(24)23-16(4)5)13-18(20)14-26-21-10-8-7-9-19(21)15(2)3/h7-13,15-16H,6,14H2,1-5H3,(H,23,24). The molecule has 0 atom stereocenters. The molecule has 4 heteroatoms. The second-order valence-electron chi connectivity index (χ2n) is 6.86. The number of ether oxygens (including phenoxy) is 2. The van der Waals surface area contributed by atoms with Gasteiger partial charge in [0.15, 0.2) is 0 Å². The minimum absolute atomic E-state index is 0.0895. The second-order valence-corrected chi connectivity index (χ2v) is 6.86. The molecule has 0 radical (unpaired) electrons. The number of carbonyl (C=O) groups excluding carboxylic acids is 1. The van der Waals surface area contributed by atoms with Crippen LogP contribution in [0, 0.1) is 0 Å². The Morgan fingerprint density at radius 1 is 1.00 bits per heavy atom. The van der Waals surface area contributed by atoms with Gasteiger partial charge in [-0.15, -0.1) is 0 Å². The lowest BCUT2D eigenvalue weighted by Gasteiger charge is -2.16. The fourth-order valence-electron chi connectivity index (χ4n) is 2.72. The van der Waals surface area contributed by atoms with Crippen molar-refractivity contribution in [2.75, 3.05) is 6.61 Å². The maximum Gasteiger partial charge on any atom is 0.251 e. The first-order chi connectivity index (χ1) is 12.4. The third-order valence-electron chi connectivity index (χ3n) is 3.97. The van der Waals surface area contributed by atoms with Crippen molar-refractivity contribution < 1.29 is 14.3 Å². The van der Waals surface area contributed by atoms with Crippen LogP contribution in [-0.4, -0.2) is 18.6 Å². The molecule has 1 N–H and O–H groups in total. The summed E-state index contributed by atoms with van der Waals surface area (Å²) in [5.74, 6) is 1.89. The topological polar surface area (TPSA) is 47.6 Å². The van der Waals surface area contributed by atoms with Crippen molar-refractivity contribution in [3.63, 3.8) is 0 Å². The van der Waals surface area contributed by atoms with Gasteiger partial charge in [-0.2, -0.15) is 0 Å². The number of rotatable bonds is 8. The minimum Gasteiger partial charge on any atom is -0.493 e. The molecule has 1 amide bonds. The van der Waals surface area contributed by atoms with Crippen LogP contribution in [0.5, 0.6) is 11.5 Å². The summed E-state index contributed by atoms with van der Waals surface area (Å²) in [6.07, 6.45) is 0. The van der Waals surface area contributed by atoms with E-state index in [0.717, 1.165) is 17.1 Å². The van der Waals surface area contributed by atoms with Gasteiger partial charge in [0.2, 0.25) is 0 Å². The van der Waals surface area contributed by atoms with E-state index in [1.54, 1.807) is 6.07 Å². The van der Waals surface area contributed by atoms with E-state index in [-0.39, 0.29) is 11.9 Å². The molecule has 2 aromatic rings. The Balaban J connectivity index is 2.24. The van der Waals surface area contributed by atoms with Crippen LogP contribution < -0.4 is 14.8 Å². The Labute approximate surface area is 156 Å². The lowest BCUT2D eigenvalue weighted by atomic mass is 10.0. The van der Waals surface area contributed by atoms with E-state index in [1.807, 2.05) is 51.1 Å². The molecule has 140 valence electrons. The van der Waals surface area contributed by atoms with Gasteiger partial charge >= 0.3 is 0 Å². The maximum atomic E-state index is 12.3. The quantitative estimate of drug-likeness (QED) is 0.731. The van der Waals surface area contributed by atoms with Gasteiger partial charge in [-0.3, -0.25) is 4.79 Å². The van der Waals surface area contributed by atoms with Gasteiger partial charge in [-0.05, 0) is 56.5 Å². The molecule has 26 heavy (non-hydrogen) atoms. The summed E-state index contributed by atoms with van der Waals surface area (Å²) >= 11 is 0. The first kappa shape index (κ1) is 19.8. The zero-order valence-corrected chi connectivity index (χ0v) is 16.3. The largest absolute Gasteiger partial charge is 0.493 e. The molecule has 0 unspecified atom stereocenters. The molecule has 0 aliphatic carbocycles. The number of para-hydroxylation sites is 1. The van der Waals surface area contributed by atoms with Crippen molar-refractivity contribution in [1.82, 2.24) is 5.32 Å². The lowest BCUT2D eigenvalue weighted by molar-refractivity contribution is 0.0943. The minimum atomic E-state index is -0.0909. The van der Waals surface area contributed by atoms with Crippen LogP contribution >= 0.6 is 0 Å². The highest BCUT2D eigenvalue weighted by Gasteiger charge is 2.13. The fourth-order valence-corrected chi connectivity index (χ4v) is 2.72. The highest BCUT2D eigenvalue weighted by molar-refractivity contribution is 5.94. The molecule has 4 nitrogen and oxygen atoms in total. The molecule has 2 rings (SSSR count). The van der Waals surface area contributed by atoms with Crippen LogP contribution in [0.1, 0.15) is 62.0 Å². The third-order valence-corrected chi connectivity index (χ3v) is 3.97. The lowest BCUT2D eigenvalue weighted by Crippen LogP contribution is -2.30. The molecular weight excluding hydrogens is 326 g/mol. The molecule has 0 aliphatic rings. The summed E-state index contributed by atoms with van der Waals surface area (Å²) in [6, 6.07) is 13.6. The Bertz CT molecular complexity index is 738.